The Bertz CT molecular complexity index is 575. The first-order valence-corrected chi connectivity index (χ1v) is 9.73. The Morgan fingerprint density at radius 2 is 1.84 bits per heavy atom. The average Bonchev–Trinajstić information content (AvgIpc) is 2.67. The summed E-state index contributed by atoms with van der Waals surface area (Å²) in [6.45, 7) is 6.15. The van der Waals surface area contributed by atoms with Crippen LogP contribution in [0.5, 0.6) is 0 Å². The summed E-state index contributed by atoms with van der Waals surface area (Å²) in [6.07, 6.45) is 7.66. The van der Waals surface area contributed by atoms with E-state index in [4.69, 9.17) is 0 Å². The minimum atomic E-state index is 0.166. The highest BCUT2D eigenvalue weighted by Crippen LogP contribution is 2.26. The van der Waals surface area contributed by atoms with Gasteiger partial charge in [-0.1, -0.05) is 0 Å². The number of likely N-dealkylation sites (tertiary alicyclic amines) is 1. The van der Waals surface area contributed by atoms with Crippen LogP contribution in [0.15, 0.2) is 18.3 Å². The predicted molar refractivity (Wildman–Crippen MR) is 102 cm³/mol. The van der Waals surface area contributed by atoms with Gasteiger partial charge in [-0.15, -0.1) is 0 Å². The molecule has 0 spiro atoms. The van der Waals surface area contributed by atoms with Crippen molar-refractivity contribution in [3.8, 4) is 0 Å². The molecule has 0 unspecified atom stereocenters. The van der Waals surface area contributed by atoms with E-state index in [0.29, 0.717) is 6.04 Å². The maximum atomic E-state index is 12.7. The molecule has 0 aliphatic carbocycles. The Labute approximate surface area is 152 Å². The molecular weight excluding hydrogens is 312 g/mol. The summed E-state index contributed by atoms with van der Waals surface area (Å²) in [4.78, 5) is 23.9. The number of pyridine rings is 1. The Kier molecular flexibility index (Phi) is 5.94. The molecule has 0 saturated carbocycles. The molecule has 0 bridgehead atoms. The monoisotopic (exact) mass is 344 g/mol. The van der Waals surface area contributed by atoms with Gasteiger partial charge < -0.3 is 14.7 Å². The van der Waals surface area contributed by atoms with Crippen molar-refractivity contribution in [3.05, 3.63) is 23.9 Å². The first-order valence-electron chi connectivity index (χ1n) is 9.73. The van der Waals surface area contributed by atoms with Crippen molar-refractivity contribution < 1.29 is 4.79 Å². The standard InChI is InChI=1S/C20H32N4O/c1-16(22(2)3)17-8-13-23(14-9-17)19-15-18(7-10-21-19)20(25)24-11-5-4-6-12-24/h7,10,15-17H,4-6,8-9,11-14H2,1-3H3/t16-/m0/s1. The minimum Gasteiger partial charge on any atom is -0.357 e. The van der Waals surface area contributed by atoms with E-state index < -0.39 is 0 Å². The van der Waals surface area contributed by atoms with Gasteiger partial charge in [0.25, 0.3) is 5.91 Å². The van der Waals surface area contributed by atoms with E-state index in [1.54, 1.807) is 6.20 Å². The van der Waals surface area contributed by atoms with Crippen molar-refractivity contribution in [1.82, 2.24) is 14.8 Å². The number of anilines is 1. The van der Waals surface area contributed by atoms with Crippen LogP contribution in [-0.2, 0) is 0 Å². The molecule has 1 aromatic heterocycles. The van der Waals surface area contributed by atoms with Gasteiger partial charge in [-0.25, -0.2) is 4.98 Å². The summed E-state index contributed by atoms with van der Waals surface area (Å²) in [5.74, 6) is 1.86. The molecular formula is C20H32N4O. The number of hydrogen-bond acceptors (Lipinski definition) is 4. The molecule has 25 heavy (non-hydrogen) atoms. The van der Waals surface area contributed by atoms with Crippen LogP contribution in [0, 0.1) is 5.92 Å². The Morgan fingerprint density at radius 3 is 2.48 bits per heavy atom. The van der Waals surface area contributed by atoms with E-state index in [9.17, 15) is 4.79 Å². The first-order chi connectivity index (χ1) is 12.1. The molecule has 3 heterocycles. The fourth-order valence-corrected chi connectivity index (χ4v) is 4.04. The number of carbonyl (C=O) groups is 1. The second-order valence-corrected chi connectivity index (χ2v) is 7.78. The second kappa shape index (κ2) is 8.17. The van der Waals surface area contributed by atoms with E-state index in [0.717, 1.165) is 56.3 Å². The second-order valence-electron chi connectivity index (χ2n) is 7.78. The van der Waals surface area contributed by atoms with Gasteiger partial charge >= 0.3 is 0 Å². The van der Waals surface area contributed by atoms with Crippen molar-refractivity contribution in [1.29, 1.82) is 0 Å². The topological polar surface area (TPSA) is 39.7 Å². The van der Waals surface area contributed by atoms with E-state index in [2.05, 4.69) is 35.8 Å². The zero-order chi connectivity index (χ0) is 17.8. The van der Waals surface area contributed by atoms with Gasteiger partial charge in [0.1, 0.15) is 5.82 Å². The van der Waals surface area contributed by atoms with Gasteiger partial charge in [-0.3, -0.25) is 4.79 Å². The van der Waals surface area contributed by atoms with Gasteiger partial charge in [0, 0.05) is 44.0 Å². The molecule has 1 amide bonds. The van der Waals surface area contributed by atoms with Crippen LogP contribution in [0.2, 0.25) is 0 Å². The third kappa shape index (κ3) is 4.32. The normalized spacial score (nSPS) is 20.8. The fourth-order valence-electron chi connectivity index (χ4n) is 4.04. The Balaban J connectivity index is 1.63. The number of piperidine rings is 2. The van der Waals surface area contributed by atoms with Crippen molar-refractivity contribution in [2.45, 2.75) is 45.1 Å². The molecule has 1 atom stereocenters. The van der Waals surface area contributed by atoms with Crippen molar-refractivity contribution in [2.75, 3.05) is 45.2 Å². The zero-order valence-electron chi connectivity index (χ0n) is 15.9. The lowest BCUT2D eigenvalue weighted by Gasteiger charge is -2.37. The average molecular weight is 345 g/mol. The SMILES string of the molecule is C[C@@H](C1CCN(c2cc(C(=O)N3CCCCC3)ccn2)CC1)N(C)C. The molecule has 5 nitrogen and oxygen atoms in total. The number of amides is 1. The lowest BCUT2D eigenvalue weighted by atomic mass is 9.90. The van der Waals surface area contributed by atoms with Gasteiger partial charge in [-0.05, 0) is 71.2 Å². The third-order valence-corrected chi connectivity index (χ3v) is 6.00. The van der Waals surface area contributed by atoms with Crippen LogP contribution in [0.4, 0.5) is 5.82 Å². The molecule has 3 rings (SSSR count). The summed E-state index contributed by atoms with van der Waals surface area (Å²) < 4.78 is 0. The van der Waals surface area contributed by atoms with Crippen LogP contribution < -0.4 is 4.90 Å². The van der Waals surface area contributed by atoms with Gasteiger partial charge in [0.15, 0.2) is 0 Å². The van der Waals surface area contributed by atoms with Gasteiger partial charge in [0.2, 0.25) is 0 Å². The Hall–Kier alpha value is -1.62. The highest BCUT2D eigenvalue weighted by atomic mass is 16.2. The zero-order valence-corrected chi connectivity index (χ0v) is 15.9. The van der Waals surface area contributed by atoms with Crippen LogP contribution >= 0.6 is 0 Å². The number of hydrogen-bond donors (Lipinski definition) is 0. The molecule has 138 valence electrons. The maximum Gasteiger partial charge on any atom is 0.254 e. The molecule has 2 fully saturated rings. The lowest BCUT2D eigenvalue weighted by molar-refractivity contribution is 0.0724. The first kappa shape index (κ1) is 18.2. The summed E-state index contributed by atoms with van der Waals surface area (Å²) in [5.41, 5.74) is 0.788. The number of carbonyl (C=O) groups excluding carboxylic acids is 1. The summed E-state index contributed by atoms with van der Waals surface area (Å²) in [5, 5.41) is 0. The van der Waals surface area contributed by atoms with E-state index in [-0.39, 0.29) is 5.91 Å². The van der Waals surface area contributed by atoms with Crippen molar-refractivity contribution in [3.63, 3.8) is 0 Å². The summed E-state index contributed by atoms with van der Waals surface area (Å²) in [7, 11) is 4.32. The Morgan fingerprint density at radius 1 is 1.16 bits per heavy atom. The molecule has 2 aliphatic rings. The quantitative estimate of drug-likeness (QED) is 0.842. The molecule has 0 radical (unpaired) electrons. The summed E-state index contributed by atoms with van der Waals surface area (Å²) >= 11 is 0. The van der Waals surface area contributed by atoms with Crippen LogP contribution in [-0.4, -0.2) is 67.0 Å². The molecule has 1 aromatic rings. The molecule has 2 aliphatic heterocycles. The van der Waals surface area contributed by atoms with Crippen LogP contribution in [0.3, 0.4) is 0 Å². The van der Waals surface area contributed by atoms with Gasteiger partial charge in [0.05, 0.1) is 0 Å². The summed E-state index contributed by atoms with van der Waals surface area (Å²) in [6, 6.07) is 4.47. The fraction of sp³-hybridized carbons (Fsp3) is 0.700. The highest BCUT2D eigenvalue weighted by molar-refractivity contribution is 5.94. The maximum absolute atomic E-state index is 12.7. The highest BCUT2D eigenvalue weighted by Gasteiger charge is 2.26. The van der Waals surface area contributed by atoms with E-state index in [1.807, 2.05) is 17.0 Å². The molecule has 2 saturated heterocycles. The van der Waals surface area contributed by atoms with Gasteiger partial charge in [-0.2, -0.15) is 0 Å². The minimum absolute atomic E-state index is 0.166. The van der Waals surface area contributed by atoms with Crippen LogP contribution in [0.1, 0.15) is 49.4 Å². The molecule has 5 heteroatoms. The number of nitrogens with zero attached hydrogens (tertiary/aromatic N) is 4. The molecule has 0 N–H and O–H groups in total. The van der Waals surface area contributed by atoms with E-state index in [1.165, 1.54) is 19.3 Å². The number of aromatic nitrogens is 1. The van der Waals surface area contributed by atoms with Crippen LogP contribution in [0.25, 0.3) is 0 Å². The van der Waals surface area contributed by atoms with Crippen molar-refractivity contribution in [2.24, 2.45) is 5.92 Å². The largest absolute Gasteiger partial charge is 0.357 e. The lowest BCUT2D eigenvalue weighted by Crippen LogP contribution is -2.42. The van der Waals surface area contributed by atoms with E-state index >= 15 is 0 Å². The number of rotatable bonds is 4. The van der Waals surface area contributed by atoms with Crippen molar-refractivity contribution >= 4 is 11.7 Å². The smallest absolute Gasteiger partial charge is 0.254 e. The predicted octanol–water partition coefficient (Wildman–Crippen LogP) is 2.87. The molecule has 0 aromatic carbocycles. The third-order valence-electron chi connectivity index (χ3n) is 6.00.